The second kappa shape index (κ2) is 8.45. The van der Waals surface area contributed by atoms with E-state index in [1.165, 1.54) is 12.1 Å². The van der Waals surface area contributed by atoms with Crippen LogP contribution in [0.4, 0.5) is 5.69 Å². The molecule has 1 heterocycles. The summed E-state index contributed by atoms with van der Waals surface area (Å²) >= 11 is 6.16. The van der Waals surface area contributed by atoms with Crippen molar-refractivity contribution in [3.8, 4) is 0 Å². The van der Waals surface area contributed by atoms with E-state index in [0.717, 1.165) is 10.1 Å². The van der Waals surface area contributed by atoms with E-state index < -0.39 is 5.91 Å². The van der Waals surface area contributed by atoms with Crippen molar-refractivity contribution in [3.63, 3.8) is 0 Å². The normalized spacial score (nSPS) is 10.9. The van der Waals surface area contributed by atoms with E-state index in [0.29, 0.717) is 22.3 Å². The van der Waals surface area contributed by atoms with Crippen LogP contribution in [0, 0.1) is 6.92 Å². The second-order valence-corrected chi connectivity index (χ2v) is 7.37. The van der Waals surface area contributed by atoms with Gasteiger partial charge in [-0.05, 0) is 45.0 Å². The van der Waals surface area contributed by atoms with Crippen LogP contribution in [-0.4, -0.2) is 27.6 Å². The molecule has 150 valence electrons. The van der Waals surface area contributed by atoms with Gasteiger partial charge in [-0.3, -0.25) is 14.4 Å². The highest BCUT2D eigenvalue weighted by Crippen LogP contribution is 2.23. The highest BCUT2D eigenvalue weighted by molar-refractivity contribution is 6.33. The first kappa shape index (κ1) is 20.5. The van der Waals surface area contributed by atoms with E-state index in [1.807, 2.05) is 26.0 Å². The lowest BCUT2D eigenvalue weighted by Crippen LogP contribution is -2.31. The Balaban J connectivity index is 1.83. The summed E-state index contributed by atoms with van der Waals surface area (Å²) in [6, 6.07) is 11.7. The first-order valence-electron chi connectivity index (χ1n) is 9.13. The molecular formula is C21H21ClN4O3. The minimum atomic E-state index is -0.474. The standard InChI is InChI=1S/C21H21ClN4O3/c1-12(2)23-20(28)14-8-9-17(22)18(10-14)24-19(27)11-26-21(29)16-7-5-4-6-15(16)13(3)25-26/h4-10,12H,11H2,1-3H3,(H,23,28)(H,24,27). The van der Waals surface area contributed by atoms with Gasteiger partial charge in [0.1, 0.15) is 6.54 Å². The Kier molecular flexibility index (Phi) is 5.98. The highest BCUT2D eigenvalue weighted by Gasteiger charge is 2.14. The number of nitrogens with zero attached hydrogens (tertiary/aromatic N) is 2. The van der Waals surface area contributed by atoms with Gasteiger partial charge in [0.15, 0.2) is 0 Å². The third-order valence-electron chi connectivity index (χ3n) is 4.27. The van der Waals surface area contributed by atoms with E-state index in [1.54, 1.807) is 25.1 Å². The molecule has 0 spiro atoms. The van der Waals surface area contributed by atoms with Crippen molar-refractivity contribution in [1.82, 2.24) is 15.1 Å². The number of nitrogens with one attached hydrogen (secondary N) is 2. The summed E-state index contributed by atoms with van der Waals surface area (Å²) in [5.74, 6) is -0.743. The lowest BCUT2D eigenvalue weighted by atomic mass is 10.1. The molecule has 3 aromatic rings. The molecule has 0 bridgehead atoms. The van der Waals surface area contributed by atoms with Crippen molar-refractivity contribution < 1.29 is 9.59 Å². The van der Waals surface area contributed by atoms with Gasteiger partial charge in [0.25, 0.3) is 11.5 Å². The lowest BCUT2D eigenvalue weighted by Gasteiger charge is -2.12. The van der Waals surface area contributed by atoms with Crippen LogP contribution in [0.3, 0.4) is 0 Å². The Hall–Kier alpha value is -3.19. The topological polar surface area (TPSA) is 93.1 Å². The van der Waals surface area contributed by atoms with Gasteiger partial charge in [0.05, 0.1) is 21.8 Å². The minimum absolute atomic E-state index is 0.0229. The van der Waals surface area contributed by atoms with Crippen LogP contribution in [0.2, 0.25) is 5.02 Å². The fourth-order valence-electron chi connectivity index (χ4n) is 2.95. The van der Waals surface area contributed by atoms with Crippen LogP contribution in [0.25, 0.3) is 10.8 Å². The lowest BCUT2D eigenvalue weighted by molar-refractivity contribution is -0.117. The smallest absolute Gasteiger partial charge is 0.275 e. The molecule has 0 aliphatic rings. The molecule has 29 heavy (non-hydrogen) atoms. The van der Waals surface area contributed by atoms with E-state index in [-0.39, 0.29) is 29.1 Å². The van der Waals surface area contributed by atoms with Gasteiger partial charge in [-0.1, -0.05) is 29.8 Å². The number of carbonyl (C=O) groups is 2. The number of amides is 2. The Morgan fingerprint density at radius 1 is 1.14 bits per heavy atom. The molecular weight excluding hydrogens is 392 g/mol. The second-order valence-electron chi connectivity index (χ2n) is 6.96. The number of hydrogen-bond donors (Lipinski definition) is 2. The molecule has 7 nitrogen and oxygen atoms in total. The number of fused-ring (bicyclic) bond motifs is 1. The minimum Gasteiger partial charge on any atom is -0.350 e. The van der Waals surface area contributed by atoms with Crippen molar-refractivity contribution in [2.75, 3.05) is 5.32 Å². The predicted molar refractivity (Wildman–Crippen MR) is 113 cm³/mol. The fraction of sp³-hybridized carbons (Fsp3) is 0.238. The van der Waals surface area contributed by atoms with Crippen molar-refractivity contribution in [1.29, 1.82) is 0 Å². The van der Waals surface area contributed by atoms with Crippen LogP contribution >= 0.6 is 11.6 Å². The Bertz CT molecular complexity index is 1150. The predicted octanol–water partition coefficient (Wildman–Crippen LogP) is 3.14. The third-order valence-corrected chi connectivity index (χ3v) is 4.60. The maximum Gasteiger partial charge on any atom is 0.275 e. The molecule has 2 aromatic carbocycles. The monoisotopic (exact) mass is 412 g/mol. The zero-order valence-corrected chi connectivity index (χ0v) is 17.1. The first-order chi connectivity index (χ1) is 13.8. The van der Waals surface area contributed by atoms with E-state index in [4.69, 9.17) is 11.6 Å². The van der Waals surface area contributed by atoms with Gasteiger partial charge in [0, 0.05) is 17.0 Å². The zero-order chi connectivity index (χ0) is 21.1. The number of halogens is 1. The van der Waals surface area contributed by atoms with Crippen LogP contribution in [0.15, 0.2) is 47.3 Å². The molecule has 3 rings (SSSR count). The largest absolute Gasteiger partial charge is 0.350 e. The van der Waals surface area contributed by atoms with Gasteiger partial charge in [0.2, 0.25) is 5.91 Å². The molecule has 0 saturated carbocycles. The van der Waals surface area contributed by atoms with Gasteiger partial charge >= 0.3 is 0 Å². The van der Waals surface area contributed by atoms with Crippen molar-refractivity contribution in [3.05, 3.63) is 69.1 Å². The molecule has 0 atom stereocenters. The van der Waals surface area contributed by atoms with Gasteiger partial charge in [-0.15, -0.1) is 0 Å². The van der Waals surface area contributed by atoms with Crippen molar-refractivity contribution in [2.45, 2.75) is 33.4 Å². The average molecular weight is 413 g/mol. The summed E-state index contributed by atoms with van der Waals surface area (Å²) in [5, 5.41) is 11.2. The number of anilines is 1. The average Bonchev–Trinajstić information content (AvgIpc) is 2.67. The number of aromatic nitrogens is 2. The number of hydrogen-bond acceptors (Lipinski definition) is 4. The fourth-order valence-corrected chi connectivity index (χ4v) is 3.11. The molecule has 2 N–H and O–H groups in total. The SMILES string of the molecule is Cc1nn(CC(=O)Nc2cc(C(=O)NC(C)C)ccc2Cl)c(=O)c2ccccc12. The number of benzene rings is 2. The Morgan fingerprint density at radius 2 is 1.83 bits per heavy atom. The maximum atomic E-state index is 12.6. The third kappa shape index (κ3) is 4.63. The summed E-state index contributed by atoms with van der Waals surface area (Å²) in [4.78, 5) is 37.3. The Morgan fingerprint density at radius 3 is 2.52 bits per heavy atom. The highest BCUT2D eigenvalue weighted by atomic mass is 35.5. The molecule has 8 heteroatoms. The molecule has 1 aromatic heterocycles. The zero-order valence-electron chi connectivity index (χ0n) is 16.3. The van der Waals surface area contributed by atoms with E-state index in [9.17, 15) is 14.4 Å². The summed E-state index contributed by atoms with van der Waals surface area (Å²) in [7, 11) is 0. The quantitative estimate of drug-likeness (QED) is 0.673. The summed E-state index contributed by atoms with van der Waals surface area (Å²) in [6.45, 7) is 5.21. The summed E-state index contributed by atoms with van der Waals surface area (Å²) in [6.07, 6.45) is 0. The molecule has 0 aliphatic carbocycles. The molecule has 0 fully saturated rings. The number of aryl methyl sites for hydroxylation is 1. The van der Waals surface area contributed by atoms with Crippen molar-refractivity contribution >= 4 is 39.9 Å². The van der Waals surface area contributed by atoms with E-state index in [2.05, 4.69) is 15.7 Å². The van der Waals surface area contributed by atoms with Gasteiger partial charge in [-0.25, -0.2) is 4.68 Å². The molecule has 2 amide bonds. The van der Waals surface area contributed by atoms with Crippen LogP contribution in [-0.2, 0) is 11.3 Å². The van der Waals surface area contributed by atoms with Crippen LogP contribution in [0.1, 0.15) is 29.9 Å². The first-order valence-corrected chi connectivity index (χ1v) is 9.51. The number of rotatable bonds is 5. The van der Waals surface area contributed by atoms with Crippen molar-refractivity contribution in [2.24, 2.45) is 0 Å². The molecule has 0 aliphatic heterocycles. The summed E-state index contributed by atoms with van der Waals surface area (Å²) < 4.78 is 1.12. The maximum absolute atomic E-state index is 12.6. The number of carbonyl (C=O) groups excluding carboxylic acids is 2. The van der Waals surface area contributed by atoms with Crippen LogP contribution in [0.5, 0.6) is 0 Å². The summed E-state index contributed by atoms with van der Waals surface area (Å²) in [5.41, 5.74) is 0.963. The van der Waals surface area contributed by atoms with E-state index >= 15 is 0 Å². The Labute approximate surface area is 172 Å². The molecule has 0 radical (unpaired) electrons. The van der Waals surface area contributed by atoms with Gasteiger partial charge in [-0.2, -0.15) is 5.10 Å². The van der Waals surface area contributed by atoms with Gasteiger partial charge < -0.3 is 10.6 Å². The van der Waals surface area contributed by atoms with Crippen LogP contribution < -0.4 is 16.2 Å². The molecule has 0 saturated heterocycles. The molecule has 0 unspecified atom stereocenters.